The second-order valence-corrected chi connectivity index (χ2v) is 4.91. The maximum absolute atomic E-state index is 4.23. The van der Waals surface area contributed by atoms with Gasteiger partial charge in [0, 0.05) is 29.0 Å². The molecule has 0 saturated heterocycles. The van der Waals surface area contributed by atoms with Gasteiger partial charge in [0.25, 0.3) is 0 Å². The highest BCUT2D eigenvalue weighted by molar-refractivity contribution is 7.12. The number of anilines is 1. The van der Waals surface area contributed by atoms with Gasteiger partial charge in [0.15, 0.2) is 0 Å². The molecule has 2 heterocycles. The van der Waals surface area contributed by atoms with E-state index in [1.165, 1.54) is 9.75 Å². The lowest BCUT2D eigenvalue weighted by Crippen LogP contribution is -1.96. The average molecular weight is 235 g/mol. The fourth-order valence-electron chi connectivity index (χ4n) is 1.52. The van der Waals surface area contributed by atoms with Gasteiger partial charge >= 0.3 is 0 Å². The molecule has 0 aromatic carbocycles. The summed E-state index contributed by atoms with van der Waals surface area (Å²) in [7, 11) is 0. The van der Waals surface area contributed by atoms with E-state index in [9.17, 15) is 0 Å². The van der Waals surface area contributed by atoms with Gasteiger partial charge in [-0.15, -0.1) is 11.3 Å². The van der Waals surface area contributed by atoms with Crippen molar-refractivity contribution in [2.75, 3.05) is 5.32 Å². The SMILES string of the molecule is CCc1ccc(CNc2cnn(CC)c2)s1. The van der Waals surface area contributed by atoms with E-state index >= 15 is 0 Å². The van der Waals surface area contributed by atoms with E-state index in [0.717, 1.165) is 25.2 Å². The standard InChI is InChI=1S/C12H17N3S/c1-3-11-5-6-12(16-11)8-13-10-7-14-15(4-2)9-10/h5-7,9,13H,3-4,8H2,1-2H3. The van der Waals surface area contributed by atoms with E-state index in [0.29, 0.717) is 0 Å². The number of hydrogen-bond acceptors (Lipinski definition) is 3. The lowest BCUT2D eigenvalue weighted by atomic mass is 10.3. The summed E-state index contributed by atoms with van der Waals surface area (Å²) in [6, 6.07) is 4.40. The van der Waals surface area contributed by atoms with E-state index in [4.69, 9.17) is 0 Å². The first-order valence-electron chi connectivity index (χ1n) is 5.65. The summed E-state index contributed by atoms with van der Waals surface area (Å²) in [4.78, 5) is 2.82. The predicted molar refractivity (Wildman–Crippen MR) is 68.9 cm³/mol. The Morgan fingerprint density at radius 1 is 1.31 bits per heavy atom. The first kappa shape index (κ1) is 11.2. The lowest BCUT2D eigenvalue weighted by molar-refractivity contribution is 0.660. The van der Waals surface area contributed by atoms with Crippen LogP contribution in [0.15, 0.2) is 24.5 Å². The monoisotopic (exact) mass is 235 g/mol. The van der Waals surface area contributed by atoms with Crippen molar-refractivity contribution in [3.05, 3.63) is 34.3 Å². The van der Waals surface area contributed by atoms with Crippen molar-refractivity contribution in [3.8, 4) is 0 Å². The van der Waals surface area contributed by atoms with Crippen molar-refractivity contribution in [3.63, 3.8) is 0 Å². The highest BCUT2D eigenvalue weighted by Gasteiger charge is 2.00. The number of nitrogens with zero attached hydrogens (tertiary/aromatic N) is 2. The molecule has 0 spiro atoms. The number of thiophene rings is 1. The highest BCUT2D eigenvalue weighted by atomic mass is 32.1. The summed E-state index contributed by atoms with van der Waals surface area (Å²) >= 11 is 1.87. The minimum atomic E-state index is 0.889. The topological polar surface area (TPSA) is 29.9 Å². The minimum absolute atomic E-state index is 0.889. The van der Waals surface area contributed by atoms with Gasteiger partial charge in [0.2, 0.25) is 0 Å². The molecular formula is C12H17N3S. The molecule has 0 radical (unpaired) electrons. The van der Waals surface area contributed by atoms with Gasteiger partial charge in [0.05, 0.1) is 11.9 Å². The van der Waals surface area contributed by atoms with Crippen LogP contribution in [0, 0.1) is 0 Å². The summed E-state index contributed by atoms with van der Waals surface area (Å²) in [6.07, 6.45) is 5.03. The summed E-state index contributed by atoms with van der Waals surface area (Å²) < 4.78 is 1.92. The molecule has 0 aliphatic heterocycles. The van der Waals surface area contributed by atoms with E-state index in [1.807, 2.05) is 28.4 Å². The molecule has 0 atom stereocenters. The summed E-state index contributed by atoms with van der Waals surface area (Å²) in [5.41, 5.74) is 1.09. The quantitative estimate of drug-likeness (QED) is 0.863. The Bertz CT molecular complexity index is 402. The molecule has 86 valence electrons. The normalized spacial score (nSPS) is 10.6. The van der Waals surface area contributed by atoms with Gasteiger partial charge in [-0.05, 0) is 25.5 Å². The van der Waals surface area contributed by atoms with Crippen LogP contribution in [-0.4, -0.2) is 9.78 Å². The Hall–Kier alpha value is -1.29. The Morgan fingerprint density at radius 2 is 2.12 bits per heavy atom. The van der Waals surface area contributed by atoms with E-state index < -0.39 is 0 Å². The van der Waals surface area contributed by atoms with Crippen LogP contribution in [0.25, 0.3) is 0 Å². The number of rotatable bonds is 5. The summed E-state index contributed by atoms with van der Waals surface area (Å²) in [5, 5.41) is 7.61. The number of hydrogen-bond donors (Lipinski definition) is 1. The van der Waals surface area contributed by atoms with Gasteiger partial charge < -0.3 is 5.32 Å². The average Bonchev–Trinajstić information content (AvgIpc) is 2.95. The molecule has 4 heteroatoms. The molecule has 0 aliphatic carbocycles. The van der Waals surface area contributed by atoms with Gasteiger partial charge in [-0.3, -0.25) is 4.68 Å². The molecule has 1 N–H and O–H groups in total. The highest BCUT2D eigenvalue weighted by Crippen LogP contribution is 2.18. The molecule has 0 aliphatic rings. The molecule has 3 nitrogen and oxygen atoms in total. The fourth-order valence-corrected chi connectivity index (χ4v) is 2.42. The summed E-state index contributed by atoms with van der Waals surface area (Å²) in [5.74, 6) is 0. The molecule has 0 fully saturated rings. The lowest BCUT2D eigenvalue weighted by Gasteiger charge is -2.00. The van der Waals surface area contributed by atoms with Crippen molar-refractivity contribution in [2.24, 2.45) is 0 Å². The van der Waals surface area contributed by atoms with Crippen molar-refractivity contribution < 1.29 is 0 Å². The van der Waals surface area contributed by atoms with Crippen molar-refractivity contribution >= 4 is 17.0 Å². The van der Waals surface area contributed by atoms with E-state index in [-0.39, 0.29) is 0 Å². The van der Waals surface area contributed by atoms with Crippen molar-refractivity contribution in [1.82, 2.24) is 9.78 Å². The van der Waals surface area contributed by atoms with Crippen LogP contribution in [-0.2, 0) is 19.5 Å². The summed E-state index contributed by atoms with van der Waals surface area (Å²) in [6.45, 7) is 6.08. The number of aromatic nitrogens is 2. The molecule has 16 heavy (non-hydrogen) atoms. The zero-order valence-corrected chi connectivity index (χ0v) is 10.5. The zero-order chi connectivity index (χ0) is 11.4. The third kappa shape index (κ3) is 2.64. The van der Waals surface area contributed by atoms with Crippen molar-refractivity contribution in [2.45, 2.75) is 33.4 Å². The molecule has 0 unspecified atom stereocenters. The number of nitrogens with one attached hydrogen (secondary N) is 1. The van der Waals surface area contributed by atoms with Crippen LogP contribution < -0.4 is 5.32 Å². The predicted octanol–water partition coefficient (Wildman–Crippen LogP) is 3.14. The van der Waals surface area contributed by atoms with E-state index in [2.05, 4.69) is 36.4 Å². The molecule has 0 bridgehead atoms. The molecule has 2 aromatic rings. The van der Waals surface area contributed by atoms with Gasteiger partial charge in [0.1, 0.15) is 0 Å². The zero-order valence-electron chi connectivity index (χ0n) is 9.73. The largest absolute Gasteiger partial charge is 0.378 e. The van der Waals surface area contributed by atoms with Crippen LogP contribution in [0.3, 0.4) is 0 Å². The smallest absolute Gasteiger partial charge is 0.0729 e. The maximum atomic E-state index is 4.23. The Labute approximate surface area is 100 Å². The molecular weight excluding hydrogens is 218 g/mol. The van der Waals surface area contributed by atoms with Gasteiger partial charge in [-0.1, -0.05) is 6.92 Å². The maximum Gasteiger partial charge on any atom is 0.0729 e. The van der Waals surface area contributed by atoms with Crippen LogP contribution in [0.5, 0.6) is 0 Å². The Balaban J connectivity index is 1.91. The van der Waals surface area contributed by atoms with Crippen LogP contribution in [0.2, 0.25) is 0 Å². The molecule has 0 saturated carbocycles. The van der Waals surface area contributed by atoms with Gasteiger partial charge in [-0.25, -0.2) is 0 Å². The third-order valence-electron chi connectivity index (χ3n) is 2.49. The van der Waals surface area contributed by atoms with Crippen LogP contribution in [0.4, 0.5) is 5.69 Å². The second kappa shape index (κ2) is 5.16. The second-order valence-electron chi connectivity index (χ2n) is 3.66. The van der Waals surface area contributed by atoms with E-state index in [1.54, 1.807) is 0 Å². The molecule has 2 aromatic heterocycles. The molecule has 0 amide bonds. The Kier molecular flexibility index (Phi) is 3.62. The fraction of sp³-hybridized carbons (Fsp3) is 0.417. The van der Waals surface area contributed by atoms with Crippen molar-refractivity contribution in [1.29, 1.82) is 0 Å². The van der Waals surface area contributed by atoms with Crippen LogP contribution >= 0.6 is 11.3 Å². The van der Waals surface area contributed by atoms with Gasteiger partial charge in [-0.2, -0.15) is 5.10 Å². The Morgan fingerprint density at radius 3 is 2.75 bits per heavy atom. The number of aryl methyl sites for hydroxylation is 2. The third-order valence-corrected chi connectivity index (χ3v) is 3.72. The first-order chi connectivity index (χ1) is 7.81. The van der Waals surface area contributed by atoms with Crippen LogP contribution in [0.1, 0.15) is 23.6 Å². The minimum Gasteiger partial charge on any atom is -0.378 e. The molecule has 2 rings (SSSR count). The first-order valence-corrected chi connectivity index (χ1v) is 6.47.